The lowest BCUT2D eigenvalue weighted by molar-refractivity contribution is 0.102. The highest BCUT2D eigenvalue weighted by Gasteiger charge is 2.16. The maximum absolute atomic E-state index is 12.5. The molecule has 130 valence electrons. The van der Waals surface area contributed by atoms with Gasteiger partial charge in [-0.3, -0.25) is 4.79 Å². The minimum Gasteiger partial charge on any atom is -0.495 e. The molecular weight excluding hydrogens is 366 g/mol. The van der Waals surface area contributed by atoms with Crippen LogP contribution in [0, 0.1) is 0 Å². The summed E-state index contributed by atoms with van der Waals surface area (Å²) in [6.45, 7) is 0. The van der Waals surface area contributed by atoms with Crippen LogP contribution in [0.15, 0.2) is 47.4 Å². The SMILES string of the molecule is COc1ccc(S(N)(=O)=O)cc1NC(=O)c1cc2ccc(Cl)cc2[nH]1. The van der Waals surface area contributed by atoms with Crippen LogP contribution in [-0.4, -0.2) is 26.4 Å². The molecule has 0 saturated carbocycles. The Morgan fingerprint density at radius 2 is 1.96 bits per heavy atom. The van der Waals surface area contributed by atoms with Crippen molar-refractivity contribution in [3.8, 4) is 5.75 Å². The zero-order chi connectivity index (χ0) is 18.2. The van der Waals surface area contributed by atoms with Gasteiger partial charge in [-0.25, -0.2) is 13.6 Å². The molecule has 3 rings (SSSR count). The average molecular weight is 380 g/mol. The van der Waals surface area contributed by atoms with Crippen molar-refractivity contribution in [1.29, 1.82) is 0 Å². The van der Waals surface area contributed by atoms with Gasteiger partial charge in [-0.15, -0.1) is 0 Å². The third kappa shape index (κ3) is 3.60. The van der Waals surface area contributed by atoms with E-state index in [0.717, 1.165) is 5.39 Å². The van der Waals surface area contributed by atoms with Crippen LogP contribution in [0.25, 0.3) is 10.9 Å². The van der Waals surface area contributed by atoms with Gasteiger partial charge in [0.15, 0.2) is 0 Å². The highest BCUT2D eigenvalue weighted by molar-refractivity contribution is 7.89. The molecule has 0 radical (unpaired) electrons. The number of nitrogens with two attached hydrogens (primary N) is 1. The number of aromatic nitrogens is 1. The Morgan fingerprint density at radius 3 is 2.64 bits per heavy atom. The number of hydrogen-bond donors (Lipinski definition) is 3. The van der Waals surface area contributed by atoms with Crippen molar-refractivity contribution in [2.45, 2.75) is 4.90 Å². The van der Waals surface area contributed by atoms with E-state index in [1.807, 2.05) is 0 Å². The molecule has 4 N–H and O–H groups in total. The number of ether oxygens (including phenoxy) is 1. The molecule has 3 aromatic rings. The molecule has 25 heavy (non-hydrogen) atoms. The normalized spacial score (nSPS) is 11.5. The summed E-state index contributed by atoms with van der Waals surface area (Å²) >= 11 is 5.93. The molecule has 7 nitrogen and oxygen atoms in total. The molecule has 1 amide bonds. The van der Waals surface area contributed by atoms with E-state index < -0.39 is 15.9 Å². The zero-order valence-electron chi connectivity index (χ0n) is 13.0. The van der Waals surface area contributed by atoms with Crippen LogP contribution in [0.2, 0.25) is 5.02 Å². The number of hydrogen-bond acceptors (Lipinski definition) is 4. The number of H-pyrrole nitrogens is 1. The molecule has 0 aliphatic heterocycles. The largest absolute Gasteiger partial charge is 0.495 e. The Kier molecular flexibility index (Phi) is 4.42. The summed E-state index contributed by atoms with van der Waals surface area (Å²) in [5, 5.41) is 9.11. The number of methoxy groups -OCH3 is 1. The van der Waals surface area contributed by atoms with Gasteiger partial charge in [0.25, 0.3) is 5.91 Å². The first-order chi connectivity index (χ1) is 11.8. The second-order valence-electron chi connectivity index (χ2n) is 5.28. The standard InChI is InChI=1S/C16H14ClN3O4S/c1-24-15-5-4-11(25(18,22)23)8-13(15)20-16(21)14-6-9-2-3-10(17)7-12(9)19-14/h2-8,19H,1H3,(H,20,21)(H2,18,22,23). The van der Waals surface area contributed by atoms with Crippen molar-refractivity contribution in [3.05, 3.63) is 53.2 Å². The summed E-state index contributed by atoms with van der Waals surface area (Å²) in [5.74, 6) is -0.155. The predicted molar refractivity (Wildman–Crippen MR) is 95.6 cm³/mol. The number of carbonyl (C=O) groups excluding carboxylic acids is 1. The maximum atomic E-state index is 12.5. The lowest BCUT2D eigenvalue weighted by Gasteiger charge is -2.11. The number of rotatable bonds is 4. The van der Waals surface area contributed by atoms with Crippen molar-refractivity contribution in [3.63, 3.8) is 0 Å². The number of fused-ring (bicyclic) bond motifs is 1. The molecule has 9 heteroatoms. The Balaban J connectivity index is 1.96. The third-order valence-corrected chi connectivity index (χ3v) is 4.72. The summed E-state index contributed by atoms with van der Waals surface area (Å²) in [6, 6.07) is 10.8. The molecule has 2 aromatic carbocycles. The molecule has 0 spiro atoms. The molecule has 0 saturated heterocycles. The summed E-state index contributed by atoms with van der Waals surface area (Å²) in [5.41, 5.74) is 1.19. The Labute approximate surface area is 148 Å². The summed E-state index contributed by atoms with van der Waals surface area (Å²) in [6.07, 6.45) is 0. The van der Waals surface area contributed by atoms with Gasteiger partial charge in [0.1, 0.15) is 11.4 Å². The molecule has 0 unspecified atom stereocenters. The molecule has 0 aliphatic rings. The van der Waals surface area contributed by atoms with Crippen LogP contribution in [0.5, 0.6) is 5.75 Å². The first kappa shape index (κ1) is 17.3. The molecule has 1 aromatic heterocycles. The molecule has 0 bridgehead atoms. The number of nitrogens with one attached hydrogen (secondary N) is 2. The van der Waals surface area contributed by atoms with E-state index >= 15 is 0 Å². The Hall–Kier alpha value is -2.55. The minimum atomic E-state index is -3.91. The fraction of sp³-hybridized carbons (Fsp3) is 0.0625. The minimum absolute atomic E-state index is 0.132. The lowest BCUT2D eigenvalue weighted by Crippen LogP contribution is -2.15. The number of sulfonamides is 1. The van der Waals surface area contributed by atoms with Crippen LogP contribution in [0.1, 0.15) is 10.5 Å². The van der Waals surface area contributed by atoms with E-state index in [-0.39, 0.29) is 10.6 Å². The van der Waals surface area contributed by atoms with E-state index in [0.29, 0.717) is 22.0 Å². The number of amides is 1. The van der Waals surface area contributed by atoms with Gasteiger partial charge in [-0.1, -0.05) is 17.7 Å². The lowest BCUT2D eigenvalue weighted by atomic mass is 10.2. The van der Waals surface area contributed by atoms with Gasteiger partial charge in [0.2, 0.25) is 10.0 Å². The first-order valence-electron chi connectivity index (χ1n) is 7.08. The molecule has 1 heterocycles. The number of carbonyl (C=O) groups is 1. The van der Waals surface area contributed by atoms with Crippen molar-refractivity contribution >= 4 is 44.1 Å². The van der Waals surface area contributed by atoms with Gasteiger partial charge in [0, 0.05) is 15.9 Å². The Bertz CT molecular complexity index is 1080. The van der Waals surface area contributed by atoms with Crippen molar-refractivity contribution in [2.24, 2.45) is 5.14 Å². The number of benzene rings is 2. The van der Waals surface area contributed by atoms with E-state index in [1.54, 1.807) is 24.3 Å². The second kappa shape index (κ2) is 6.40. The zero-order valence-corrected chi connectivity index (χ0v) is 14.6. The molecule has 0 aliphatic carbocycles. The smallest absolute Gasteiger partial charge is 0.272 e. The quantitative estimate of drug-likeness (QED) is 0.646. The van der Waals surface area contributed by atoms with E-state index in [1.165, 1.54) is 25.3 Å². The predicted octanol–water partition coefficient (Wildman–Crippen LogP) is 2.73. The third-order valence-electron chi connectivity index (χ3n) is 3.58. The number of halogens is 1. The fourth-order valence-electron chi connectivity index (χ4n) is 2.37. The maximum Gasteiger partial charge on any atom is 0.272 e. The van der Waals surface area contributed by atoms with Crippen molar-refractivity contribution in [2.75, 3.05) is 12.4 Å². The highest BCUT2D eigenvalue weighted by atomic mass is 35.5. The Morgan fingerprint density at radius 1 is 1.20 bits per heavy atom. The van der Waals surface area contributed by atoms with Gasteiger partial charge < -0.3 is 15.0 Å². The van der Waals surface area contributed by atoms with Gasteiger partial charge in [-0.05, 0) is 36.4 Å². The number of primary sulfonamides is 1. The first-order valence-corrected chi connectivity index (χ1v) is 9.01. The van der Waals surface area contributed by atoms with Gasteiger partial charge >= 0.3 is 0 Å². The van der Waals surface area contributed by atoms with Crippen LogP contribution in [0.4, 0.5) is 5.69 Å². The summed E-state index contributed by atoms with van der Waals surface area (Å²) < 4.78 is 28.1. The summed E-state index contributed by atoms with van der Waals surface area (Å²) in [7, 11) is -2.50. The van der Waals surface area contributed by atoms with Crippen LogP contribution in [-0.2, 0) is 10.0 Å². The number of aromatic amines is 1. The van der Waals surface area contributed by atoms with Crippen molar-refractivity contribution in [1.82, 2.24) is 4.98 Å². The van der Waals surface area contributed by atoms with Crippen LogP contribution in [0.3, 0.4) is 0 Å². The van der Waals surface area contributed by atoms with Crippen LogP contribution < -0.4 is 15.2 Å². The molecular formula is C16H14ClN3O4S. The fourth-order valence-corrected chi connectivity index (χ4v) is 3.08. The monoisotopic (exact) mass is 379 g/mol. The van der Waals surface area contributed by atoms with Gasteiger partial charge in [0.05, 0.1) is 17.7 Å². The van der Waals surface area contributed by atoms with E-state index in [4.69, 9.17) is 21.5 Å². The number of anilines is 1. The molecule has 0 atom stereocenters. The van der Waals surface area contributed by atoms with Crippen molar-refractivity contribution < 1.29 is 17.9 Å². The van der Waals surface area contributed by atoms with Crippen LogP contribution >= 0.6 is 11.6 Å². The topological polar surface area (TPSA) is 114 Å². The second-order valence-corrected chi connectivity index (χ2v) is 7.27. The highest BCUT2D eigenvalue weighted by Crippen LogP contribution is 2.28. The average Bonchev–Trinajstić information content (AvgIpc) is 2.97. The van der Waals surface area contributed by atoms with E-state index in [9.17, 15) is 13.2 Å². The van der Waals surface area contributed by atoms with E-state index in [2.05, 4.69) is 10.3 Å². The summed E-state index contributed by atoms with van der Waals surface area (Å²) in [4.78, 5) is 15.3. The molecule has 0 fully saturated rings. The van der Waals surface area contributed by atoms with Gasteiger partial charge in [-0.2, -0.15) is 0 Å².